The Kier molecular flexibility index (Phi) is 5.59. The number of thioether (sulfide) groups is 1. The standard InChI is InChI=1S/C20H22N4O3S/c1-28-18-5-3-2-4-16(18)19(25)24-10-14-9-23(11-15(24)13-27-12-14)20(26)17-8-21-6-7-22-17/h2-8,14-15H,9-13H2,1H3/t14-,15-/m0/s1. The van der Waals surface area contributed by atoms with Crippen molar-refractivity contribution in [2.75, 3.05) is 39.1 Å². The Morgan fingerprint density at radius 2 is 1.96 bits per heavy atom. The highest BCUT2D eigenvalue weighted by Gasteiger charge is 2.38. The number of fused-ring (bicyclic) bond motifs is 3. The molecule has 2 saturated heterocycles. The van der Waals surface area contributed by atoms with Crippen LogP contribution in [0.15, 0.2) is 47.8 Å². The Morgan fingerprint density at radius 1 is 1.11 bits per heavy atom. The predicted molar refractivity (Wildman–Crippen MR) is 105 cm³/mol. The summed E-state index contributed by atoms with van der Waals surface area (Å²) in [4.78, 5) is 39.0. The summed E-state index contributed by atoms with van der Waals surface area (Å²) < 4.78 is 5.80. The molecule has 2 amide bonds. The van der Waals surface area contributed by atoms with Crippen LogP contribution < -0.4 is 0 Å². The van der Waals surface area contributed by atoms with Crippen molar-refractivity contribution >= 4 is 23.6 Å². The van der Waals surface area contributed by atoms with Gasteiger partial charge in [-0.25, -0.2) is 4.98 Å². The molecule has 2 bridgehead atoms. The Hall–Kier alpha value is -2.45. The summed E-state index contributed by atoms with van der Waals surface area (Å²) in [5.41, 5.74) is 1.03. The number of carbonyl (C=O) groups is 2. The molecule has 1 aromatic carbocycles. The van der Waals surface area contributed by atoms with E-state index in [0.717, 1.165) is 4.90 Å². The molecule has 1 aromatic heterocycles. The van der Waals surface area contributed by atoms with Gasteiger partial charge in [0.1, 0.15) is 5.69 Å². The average molecular weight is 398 g/mol. The lowest BCUT2D eigenvalue weighted by Gasteiger charge is -2.31. The molecule has 0 N–H and O–H groups in total. The first kappa shape index (κ1) is 18.9. The van der Waals surface area contributed by atoms with Crippen LogP contribution >= 0.6 is 11.8 Å². The van der Waals surface area contributed by atoms with Crippen LogP contribution in [0.25, 0.3) is 0 Å². The van der Waals surface area contributed by atoms with Gasteiger partial charge in [-0.05, 0) is 18.4 Å². The van der Waals surface area contributed by atoms with E-state index in [-0.39, 0.29) is 23.8 Å². The van der Waals surface area contributed by atoms with Gasteiger partial charge in [0, 0.05) is 42.8 Å². The van der Waals surface area contributed by atoms with Crippen molar-refractivity contribution in [2.24, 2.45) is 5.92 Å². The van der Waals surface area contributed by atoms with E-state index in [4.69, 9.17) is 4.74 Å². The van der Waals surface area contributed by atoms with Crippen LogP contribution in [0.5, 0.6) is 0 Å². The number of rotatable bonds is 3. The van der Waals surface area contributed by atoms with Crippen LogP contribution in [0, 0.1) is 5.92 Å². The number of carbonyl (C=O) groups excluding carboxylic acids is 2. The molecular weight excluding hydrogens is 376 g/mol. The molecule has 7 nitrogen and oxygen atoms in total. The number of amides is 2. The lowest BCUT2D eigenvalue weighted by Crippen LogP contribution is -2.48. The summed E-state index contributed by atoms with van der Waals surface area (Å²) in [6.45, 7) is 2.51. The molecule has 8 heteroatoms. The summed E-state index contributed by atoms with van der Waals surface area (Å²) in [7, 11) is 0. The van der Waals surface area contributed by atoms with Gasteiger partial charge < -0.3 is 14.5 Å². The van der Waals surface area contributed by atoms with Crippen LogP contribution in [0.1, 0.15) is 20.8 Å². The van der Waals surface area contributed by atoms with E-state index >= 15 is 0 Å². The van der Waals surface area contributed by atoms with Gasteiger partial charge in [0.2, 0.25) is 0 Å². The van der Waals surface area contributed by atoms with Crippen LogP contribution in [0.2, 0.25) is 0 Å². The lowest BCUT2D eigenvalue weighted by atomic mass is 10.1. The van der Waals surface area contributed by atoms with E-state index in [1.807, 2.05) is 35.4 Å². The van der Waals surface area contributed by atoms with Gasteiger partial charge in [-0.15, -0.1) is 11.8 Å². The fourth-order valence-electron chi connectivity index (χ4n) is 3.81. The minimum Gasteiger partial charge on any atom is -0.379 e. The topological polar surface area (TPSA) is 75.6 Å². The molecule has 146 valence electrons. The third kappa shape index (κ3) is 3.74. The third-order valence-electron chi connectivity index (χ3n) is 5.14. The lowest BCUT2D eigenvalue weighted by molar-refractivity contribution is 0.0377. The molecule has 28 heavy (non-hydrogen) atoms. The van der Waals surface area contributed by atoms with Gasteiger partial charge in [0.15, 0.2) is 0 Å². The average Bonchev–Trinajstić information content (AvgIpc) is 3.04. The zero-order chi connectivity index (χ0) is 19.5. The van der Waals surface area contributed by atoms with Crippen LogP contribution in [-0.2, 0) is 4.74 Å². The first-order valence-corrected chi connectivity index (χ1v) is 10.5. The first-order chi connectivity index (χ1) is 13.7. The molecule has 3 heterocycles. The second-order valence-corrected chi connectivity index (χ2v) is 7.86. The Bertz CT molecular complexity index is 864. The van der Waals surface area contributed by atoms with Crippen molar-refractivity contribution in [1.82, 2.24) is 19.8 Å². The maximum atomic E-state index is 13.4. The molecule has 4 rings (SSSR count). The molecule has 0 spiro atoms. The van der Waals surface area contributed by atoms with E-state index in [9.17, 15) is 9.59 Å². The zero-order valence-corrected chi connectivity index (χ0v) is 16.5. The predicted octanol–water partition coefficient (Wildman–Crippen LogP) is 1.81. The molecule has 2 atom stereocenters. The third-order valence-corrected chi connectivity index (χ3v) is 5.93. The molecule has 2 fully saturated rings. The van der Waals surface area contributed by atoms with E-state index in [1.54, 1.807) is 22.9 Å². The van der Waals surface area contributed by atoms with Gasteiger partial charge in [-0.2, -0.15) is 0 Å². The van der Waals surface area contributed by atoms with E-state index in [1.165, 1.54) is 12.4 Å². The summed E-state index contributed by atoms with van der Waals surface area (Å²) in [5.74, 6) is -0.0819. The van der Waals surface area contributed by atoms with Gasteiger partial charge in [-0.1, -0.05) is 12.1 Å². The summed E-state index contributed by atoms with van der Waals surface area (Å²) >= 11 is 1.56. The molecule has 0 aliphatic carbocycles. The Labute approximate surface area is 168 Å². The minimum atomic E-state index is -0.185. The molecule has 2 aliphatic heterocycles. The quantitative estimate of drug-likeness (QED) is 0.734. The second-order valence-electron chi connectivity index (χ2n) is 7.02. The highest BCUT2D eigenvalue weighted by Crippen LogP contribution is 2.26. The molecule has 0 radical (unpaired) electrons. The maximum Gasteiger partial charge on any atom is 0.274 e. The number of hydrogen-bond acceptors (Lipinski definition) is 6. The minimum absolute atomic E-state index is 0.000693. The highest BCUT2D eigenvalue weighted by atomic mass is 32.2. The number of aromatic nitrogens is 2. The normalized spacial score (nSPS) is 21.9. The Morgan fingerprint density at radius 3 is 2.75 bits per heavy atom. The van der Waals surface area contributed by atoms with E-state index in [0.29, 0.717) is 44.1 Å². The second kappa shape index (κ2) is 8.28. The zero-order valence-electron chi connectivity index (χ0n) is 15.7. The van der Waals surface area contributed by atoms with E-state index in [2.05, 4.69) is 9.97 Å². The fraction of sp³-hybridized carbons (Fsp3) is 0.400. The van der Waals surface area contributed by atoms with Gasteiger partial charge >= 0.3 is 0 Å². The number of benzene rings is 1. The fourth-order valence-corrected chi connectivity index (χ4v) is 4.40. The van der Waals surface area contributed by atoms with Gasteiger partial charge in [0.25, 0.3) is 11.8 Å². The van der Waals surface area contributed by atoms with Crippen LogP contribution in [0.4, 0.5) is 0 Å². The van der Waals surface area contributed by atoms with Crippen molar-refractivity contribution in [3.8, 4) is 0 Å². The largest absolute Gasteiger partial charge is 0.379 e. The highest BCUT2D eigenvalue weighted by molar-refractivity contribution is 7.98. The number of ether oxygens (including phenoxy) is 1. The number of hydrogen-bond donors (Lipinski definition) is 0. The molecular formula is C20H22N4O3S. The van der Waals surface area contributed by atoms with E-state index < -0.39 is 0 Å². The summed E-state index contributed by atoms with van der Waals surface area (Å²) in [5, 5.41) is 0. The molecule has 0 unspecified atom stereocenters. The molecule has 2 aromatic rings. The smallest absolute Gasteiger partial charge is 0.274 e. The van der Waals surface area contributed by atoms with Crippen LogP contribution in [-0.4, -0.2) is 76.7 Å². The molecule has 0 saturated carbocycles. The summed E-state index contributed by atoms with van der Waals surface area (Å²) in [6, 6.07) is 7.47. The Balaban J connectivity index is 1.60. The first-order valence-electron chi connectivity index (χ1n) is 9.24. The van der Waals surface area contributed by atoms with Gasteiger partial charge in [0.05, 0.1) is 31.0 Å². The van der Waals surface area contributed by atoms with Crippen molar-refractivity contribution in [3.05, 3.63) is 54.1 Å². The van der Waals surface area contributed by atoms with Crippen molar-refractivity contribution in [3.63, 3.8) is 0 Å². The SMILES string of the molecule is CSc1ccccc1C(=O)N1C[C@H]2COC[C@@H]1CN(C(=O)c1cnccn1)C2. The van der Waals surface area contributed by atoms with Crippen molar-refractivity contribution in [1.29, 1.82) is 0 Å². The maximum absolute atomic E-state index is 13.4. The monoisotopic (exact) mass is 398 g/mol. The van der Waals surface area contributed by atoms with Crippen molar-refractivity contribution in [2.45, 2.75) is 10.9 Å². The number of nitrogens with zero attached hydrogens (tertiary/aromatic N) is 4. The van der Waals surface area contributed by atoms with Crippen molar-refractivity contribution < 1.29 is 14.3 Å². The van der Waals surface area contributed by atoms with Gasteiger partial charge in [-0.3, -0.25) is 14.6 Å². The van der Waals surface area contributed by atoms with Crippen LogP contribution in [0.3, 0.4) is 0 Å². The summed E-state index contributed by atoms with van der Waals surface area (Å²) in [6.07, 6.45) is 6.52. The molecule has 2 aliphatic rings.